The van der Waals surface area contributed by atoms with E-state index in [2.05, 4.69) is 5.32 Å². The van der Waals surface area contributed by atoms with E-state index in [1.54, 1.807) is 35.2 Å². The Morgan fingerprint density at radius 2 is 1.54 bits per heavy atom. The second-order valence-electron chi connectivity index (χ2n) is 9.79. The Balaban J connectivity index is 1.88. The van der Waals surface area contributed by atoms with Gasteiger partial charge in [0.05, 0.1) is 5.75 Å². The fourth-order valence-corrected chi connectivity index (χ4v) is 5.43. The Bertz CT molecular complexity index is 1180. The van der Waals surface area contributed by atoms with Crippen LogP contribution in [0, 0.1) is 5.82 Å². The van der Waals surface area contributed by atoms with Gasteiger partial charge in [0.2, 0.25) is 11.8 Å². The highest BCUT2D eigenvalue weighted by atomic mass is 35.5. The highest BCUT2D eigenvalue weighted by Gasteiger charge is 2.32. The topological polar surface area (TPSA) is 49.4 Å². The standard InChI is InChI=1S/C29H31Cl2FN2O2S/c1-29(2,3)33-28(36)26(16-20-8-5-4-6-9-20)34(17-21-12-14-22(32)15-13-21)27(35)19-37-18-23-24(30)10-7-11-25(23)31/h4-15,26H,16-19H2,1-3H3,(H,33,36)/t26-/m1/s1. The lowest BCUT2D eigenvalue weighted by molar-refractivity contribution is -0.140. The van der Waals surface area contributed by atoms with Gasteiger partial charge in [-0.3, -0.25) is 9.59 Å². The van der Waals surface area contributed by atoms with E-state index in [1.165, 1.54) is 23.9 Å². The molecule has 0 aliphatic heterocycles. The monoisotopic (exact) mass is 560 g/mol. The minimum absolute atomic E-state index is 0.122. The fraction of sp³-hybridized carbons (Fsp3) is 0.310. The highest BCUT2D eigenvalue weighted by molar-refractivity contribution is 7.99. The molecule has 2 amide bonds. The van der Waals surface area contributed by atoms with Crippen molar-refractivity contribution in [3.63, 3.8) is 0 Å². The van der Waals surface area contributed by atoms with Gasteiger partial charge in [0, 0.05) is 34.3 Å². The second kappa shape index (κ2) is 13.3. The summed E-state index contributed by atoms with van der Waals surface area (Å²) in [6.07, 6.45) is 0.344. The van der Waals surface area contributed by atoms with Crippen molar-refractivity contribution in [1.29, 1.82) is 0 Å². The average molecular weight is 562 g/mol. The Morgan fingerprint density at radius 1 is 0.919 bits per heavy atom. The molecule has 0 spiro atoms. The molecule has 37 heavy (non-hydrogen) atoms. The van der Waals surface area contributed by atoms with Crippen molar-refractivity contribution in [3.05, 3.63) is 105 Å². The molecule has 3 aromatic carbocycles. The van der Waals surface area contributed by atoms with Crippen molar-refractivity contribution in [2.75, 3.05) is 5.75 Å². The summed E-state index contributed by atoms with van der Waals surface area (Å²) in [6.45, 7) is 5.88. The third-order valence-corrected chi connectivity index (χ3v) is 7.22. The van der Waals surface area contributed by atoms with E-state index in [4.69, 9.17) is 23.2 Å². The van der Waals surface area contributed by atoms with E-state index in [9.17, 15) is 14.0 Å². The van der Waals surface area contributed by atoms with Crippen molar-refractivity contribution in [2.24, 2.45) is 0 Å². The molecule has 0 saturated heterocycles. The van der Waals surface area contributed by atoms with Gasteiger partial charge in [0.15, 0.2) is 0 Å². The Kier molecular flexibility index (Phi) is 10.4. The molecule has 0 aliphatic carbocycles. The highest BCUT2D eigenvalue weighted by Crippen LogP contribution is 2.28. The van der Waals surface area contributed by atoms with E-state index in [-0.39, 0.29) is 29.9 Å². The molecule has 0 saturated carbocycles. The molecule has 0 fully saturated rings. The van der Waals surface area contributed by atoms with Gasteiger partial charge in [-0.1, -0.05) is 71.7 Å². The molecule has 4 nitrogen and oxygen atoms in total. The first-order chi connectivity index (χ1) is 17.5. The molecule has 1 N–H and O–H groups in total. The van der Waals surface area contributed by atoms with E-state index in [0.717, 1.165) is 16.7 Å². The molecule has 0 bridgehead atoms. The summed E-state index contributed by atoms with van der Waals surface area (Å²) in [5.74, 6) is -0.239. The molecule has 196 valence electrons. The van der Waals surface area contributed by atoms with Crippen LogP contribution in [0.15, 0.2) is 72.8 Å². The van der Waals surface area contributed by atoms with Gasteiger partial charge in [0.1, 0.15) is 11.9 Å². The second-order valence-corrected chi connectivity index (χ2v) is 11.6. The maximum absolute atomic E-state index is 13.7. The Morgan fingerprint density at radius 3 is 2.14 bits per heavy atom. The van der Waals surface area contributed by atoms with Crippen LogP contribution < -0.4 is 5.32 Å². The molecule has 0 radical (unpaired) electrons. The SMILES string of the molecule is CC(C)(C)NC(=O)[C@@H](Cc1ccccc1)N(Cc1ccc(F)cc1)C(=O)CSCc1c(Cl)cccc1Cl. The largest absolute Gasteiger partial charge is 0.350 e. The first-order valence-corrected chi connectivity index (χ1v) is 13.8. The number of thioether (sulfide) groups is 1. The number of nitrogens with zero attached hydrogens (tertiary/aromatic N) is 1. The summed E-state index contributed by atoms with van der Waals surface area (Å²) in [7, 11) is 0. The Hall–Kier alpha value is -2.54. The maximum Gasteiger partial charge on any atom is 0.243 e. The number of nitrogens with one attached hydrogen (secondary N) is 1. The Labute approximate surface area is 232 Å². The van der Waals surface area contributed by atoms with Crippen LogP contribution >= 0.6 is 35.0 Å². The first kappa shape index (κ1) is 29.0. The van der Waals surface area contributed by atoms with E-state index >= 15 is 0 Å². The quantitative estimate of drug-likeness (QED) is 0.292. The van der Waals surface area contributed by atoms with Gasteiger partial charge in [-0.05, 0) is 61.7 Å². The maximum atomic E-state index is 13.7. The average Bonchev–Trinajstić information content (AvgIpc) is 2.83. The van der Waals surface area contributed by atoms with Crippen LogP contribution in [0.2, 0.25) is 10.0 Å². The predicted octanol–water partition coefficient (Wildman–Crippen LogP) is 6.92. The summed E-state index contributed by atoms with van der Waals surface area (Å²) in [5, 5.41) is 4.12. The number of hydrogen-bond acceptors (Lipinski definition) is 3. The smallest absolute Gasteiger partial charge is 0.243 e. The van der Waals surface area contributed by atoms with E-state index in [0.29, 0.717) is 22.2 Å². The van der Waals surface area contributed by atoms with Crippen LogP contribution in [0.3, 0.4) is 0 Å². The molecular formula is C29H31Cl2FN2O2S. The number of carbonyl (C=O) groups is 2. The van der Waals surface area contributed by atoms with Crippen LogP contribution in [-0.2, 0) is 28.3 Å². The van der Waals surface area contributed by atoms with Crippen LogP contribution in [0.5, 0.6) is 0 Å². The molecule has 0 aliphatic rings. The third kappa shape index (κ3) is 9.06. The molecule has 3 rings (SSSR count). The summed E-state index contributed by atoms with van der Waals surface area (Å²) >= 11 is 14.0. The van der Waals surface area contributed by atoms with Crippen LogP contribution in [0.1, 0.15) is 37.5 Å². The fourth-order valence-electron chi connectivity index (χ4n) is 3.79. The summed E-state index contributed by atoms with van der Waals surface area (Å²) in [4.78, 5) is 28.8. The minimum atomic E-state index is -0.760. The van der Waals surface area contributed by atoms with Gasteiger partial charge in [-0.25, -0.2) is 4.39 Å². The number of hydrogen-bond donors (Lipinski definition) is 1. The van der Waals surface area contributed by atoms with Crippen LogP contribution in [0.4, 0.5) is 4.39 Å². The predicted molar refractivity (Wildman–Crippen MR) is 151 cm³/mol. The minimum Gasteiger partial charge on any atom is -0.350 e. The molecule has 0 aromatic heterocycles. The lowest BCUT2D eigenvalue weighted by Crippen LogP contribution is -2.54. The van der Waals surface area contributed by atoms with Gasteiger partial charge in [-0.2, -0.15) is 0 Å². The van der Waals surface area contributed by atoms with E-state index < -0.39 is 11.6 Å². The first-order valence-electron chi connectivity index (χ1n) is 11.9. The third-order valence-electron chi connectivity index (χ3n) is 5.57. The normalized spacial score (nSPS) is 12.2. The van der Waals surface area contributed by atoms with Gasteiger partial charge < -0.3 is 10.2 Å². The number of amides is 2. The molecule has 3 aromatic rings. The summed E-state index contributed by atoms with van der Waals surface area (Å²) < 4.78 is 13.6. The summed E-state index contributed by atoms with van der Waals surface area (Å²) in [6, 6.07) is 20.1. The lowest BCUT2D eigenvalue weighted by Gasteiger charge is -2.34. The number of benzene rings is 3. The van der Waals surface area contributed by atoms with Crippen molar-refractivity contribution in [1.82, 2.24) is 10.2 Å². The van der Waals surface area contributed by atoms with Gasteiger partial charge in [-0.15, -0.1) is 11.8 Å². The van der Waals surface area contributed by atoms with Gasteiger partial charge in [0.25, 0.3) is 0 Å². The van der Waals surface area contributed by atoms with Crippen molar-refractivity contribution in [2.45, 2.75) is 51.1 Å². The zero-order chi connectivity index (χ0) is 27.0. The summed E-state index contributed by atoms with van der Waals surface area (Å²) in [5.41, 5.74) is 1.95. The van der Waals surface area contributed by atoms with Crippen molar-refractivity contribution < 1.29 is 14.0 Å². The zero-order valence-electron chi connectivity index (χ0n) is 21.1. The lowest BCUT2D eigenvalue weighted by atomic mass is 10.0. The molecule has 8 heteroatoms. The number of halogens is 3. The van der Waals surface area contributed by atoms with Crippen molar-refractivity contribution in [3.8, 4) is 0 Å². The number of rotatable bonds is 10. The van der Waals surface area contributed by atoms with Crippen molar-refractivity contribution >= 4 is 46.8 Å². The zero-order valence-corrected chi connectivity index (χ0v) is 23.5. The van der Waals surface area contributed by atoms with Crippen LogP contribution in [-0.4, -0.2) is 34.0 Å². The molecule has 0 unspecified atom stereocenters. The molecular weight excluding hydrogens is 530 g/mol. The molecule has 0 heterocycles. The molecule has 1 atom stereocenters. The van der Waals surface area contributed by atoms with Gasteiger partial charge >= 0.3 is 0 Å². The number of carbonyl (C=O) groups excluding carboxylic acids is 2. The van der Waals surface area contributed by atoms with E-state index in [1.807, 2.05) is 51.1 Å². The van der Waals surface area contributed by atoms with Crippen LogP contribution in [0.25, 0.3) is 0 Å².